The Bertz CT molecular complexity index is 486. The first-order valence-electron chi connectivity index (χ1n) is 7.39. The quantitative estimate of drug-likeness (QED) is 0.259. The van der Waals surface area contributed by atoms with Crippen molar-refractivity contribution in [2.75, 3.05) is 6.61 Å². The van der Waals surface area contributed by atoms with Crippen molar-refractivity contribution in [1.82, 2.24) is 6.15 Å². The molecule has 1 aromatic rings. The van der Waals surface area contributed by atoms with Crippen molar-refractivity contribution in [3.8, 4) is 0 Å². The van der Waals surface area contributed by atoms with Crippen LogP contribution in [-0.4, -0.2) is 49.5 Å². The maximum atomic E-state index is 10.3. The van der Waals surface area contributed by atoms with E-state index in [1.807, 2.05) is 0 Å². The Morgan fingerprint density at radius 1 is 0.913 bits per heavy atom. The SMILES string of the molecule is N.O=S(=O)(O)OCCCC[Se]CCCC[Se]Cc1ccccc1. The normalized spacial score (nSPS) is 11.2. The molecule has 4 N–H and O–H groups in total. The van der Waals surface area contributed by atoms with Crippen LogP contribution in [0.1, 0.15) is 31.2 Å². The molecule has 0 aromatic heterocycles. The van der Waals surface area contributed by atoms with E-state index in [9.17, 15) is 8.42 Å². The van der Waals surface area contributed by atoms with E-state index in [1.54, 1.807) is 0 Å². The van der Waals surface area contributed by atoms with Gasteiger partial charge in [0.05, 0.1) is 0 Å². The van der Waals surface area contributed by atoms with Crippen LogP contribution in [0.2, 0.25) is 16.0 Å². The molecule has 0 aliphatic carbocycles. The van der Waals surface area contributed by atoms with Crippen molar-refractivity contribution >= 4 is 40.3 Å². The third kappa shape index (κ3) is 15.4. The Hall–Kier alpha value is 0.0890. The predicted molar refractivity (Wildman–Crippen MR) is 97.1 cm³/mol. The van der Waals surface area contributed by atoms with Crippen molar-refractivity contribution in [2.24, 2.45) is 0 Å². The molecule has 8 heteroatoms. The zero-order chi connectivity index (χ0) is 16.1. The van der Waals surface area contributed by atoms with Crippen LogP contribution in [0.15, 0.2) is 30.3 Å². The maximum absolute atomic E-state index is 10.3. The summed E-state index contributed by atoms with van der Waals surface area (Å²) in [5.41, 5.74) is 1.46. The second-order valence-corrected chi connectivity index (χ2v) is 10.8. The van der Waals surface area contributed by atoms with Crippen molar-refractivity contribution < 1.29 is 17.2 Å². The van der Waals surface area contributed by atoms with Gasteiger partial charge in [-0.3, -0.25) is 0 Å². The summed E-state index contributed by atoms with van der Waals surface area (Å²) in [6, 6.07) is 10.7. The molecule has 0 aliphatic heterocycles. The molecule has 0 saturated carbocycles. The zero-order valence-electron chi connectivity index (χ0n) is 13.4. The molecule has 0 atom stereocenters. The van der Waals surface area contributed by atoms with Gasteiger partial charge in [0.1, 0.15) is 0 Å². The van der Waals surface area contributed by atoms with Crippen LogP contribution in [0, 0.1) is 0 Å². The fourth-order valence-corrected chi connectivity index (χ4v) is 6.27. The molecule has 134 valence electrons. The van der Waals surface area contributed by atoms with Crippen LogP contribution < -0.4 is 6.15 Å². The van der Waals surface area contributed by atoms with Gasteiger partial charge in [0.25, 0.3) is 0 Å². The minimum absolute atomic E-state index is 0. The molecular formula is C15H27NO4SSe2. The molecule has 0 aliphatic rings. The summed E-state index contributed by atoms with van der Waals surface area (Å²) < 4.78 is 33.3. The molecule has 0 saturated heterocycles. The fourth-order valence-electron chi connectivity index (χ4n) is 1.74. The monoisotopic (exact) mass is 477 g/mol. The molecule has 0 spiro atoms. The van der Waals surface area contributed by atoms with Gasteiger partial charge in [0.2, 0.25) is 0 Å². The molecule has 5 nitrogen and oxygen atoms in total. The van der Waals surface area contributed by atoms with Crippen molar-refractivity contribution in [1.29, 1.82) is 0 Å². The van der Waals surface area contributed by atoms with Crippen LogP contribution in [0.25, 0.3) is 0 Å². The van der Waals surface area contributed by atoms with E-state index in [4.69, 9.17) is 4.55 Å². The fraction of sp³-hybridized carbons (Fsp3) is 0.600. The summed E-state index contributed by atoms with van der Waals surface area (Å²) in [6.45, 7) is 0.0942. The first-order chi connectivity index (χ1) is 10.6. The molecule has 0 amide bonds. The molecule has 0 bridgehead atoms. The second-order valence-electron chi connectivity index (χ2n) is 4.81. The van der Waals surface area contributed by atoms with Gasteiger partial charge in [-0.25, -0.2) is 0 Å². The first-order valence-corrected chi connectivity index (χ1v) is 13.6. The Morgan fingerprint density at radius 3 is 2.09 bits per heavy atom. The standard InChI is InChI=1S/C15H24O4SSe2.H3N/c16-20(17,18)19-10-4-5-11-21-12-6-7-13-22-14-15-8-2-1-3-9-15;/h1-3,8-9H,4-7,10-14H2,(H,16,17,18);1H3. The van der Waals surface area contributed by atoms with Crippen LogP contribution >= 0.6 is 0 Å². The van der Waals surface area contributed by atoms with E-state index < -0.39 is 10.4 Å². The van der Waals surface area contributed by atoms with Crippen LogP contribution in [0.3, 0.4) is 0 Å². The van der Waals surface area contributed by atoms with Gasteiger partial charge < -0.3 is 6.15 Å². The van der Waals surface area contributed by atoms with E-state index in [0.717, 1.165) is 26.7 Å². The van der Waals surface area contributed by atoms with Gasteiger partial charge in [-0.05, 0) is 0 Å². The minimum atomic E-state index is -4.25. The Morgan fingerprint density at radius 2 is 1.48 bits per heavy atom. The number of unbranched alkanes of at least 4 members (excludes halogenated alkanes) is 2. The second kappa shape index (κ2) is 14.4. The molecule has 1 aromatic carbocycles. The van der Waals surface area contributed by atoms with Gasteiger partial charge >= 0.3 is 147 Å². The van der Waals surface area contributed by atoms with Crippen LogP contribution in [-0.2, 0) is 19.9 Å². The Kier molecular flexibility index (Phi) is 14.5. The summed E-state index contributed by atoms with van der Waals surface area (Å²) in [7, 11) is -4.25. The van der Waals surface area contributed by atoms with Gasteiger partial charge in [0.15, 0.2) is 0 Å². The van der Waals surface area contributed by atoms with Gasteiger partial charge in [0, 0.05) is 0 Å². The average Bonchev–Trinajstić information content (AvgIpc) is 2.48. The third-order valence-corrected chi connectivity index (χ3v) is 8.08. The summed E-state index contributed by atoms with van der Waals surface area (Å²) in [4.78, 5) is 0. The summed E-state index contributed by atoms with van der Waals surface area (Å²) in [5, 5.41) is 5.08. The predicted octanol–water partition coefficient (Wildman–Crippen LogP) is 3.39. The molecule has 0 unspecified atom stereocenters. The van der Waals surface area contributed by atoms with Crippen molar-refractivity contribution in [2.45, 2.75) is 47.0 Å². The summed E-state index contributed by atoms with van der Waals surface area (Å²) in [6.07, 6.45) is 4.33. The van der Waals surface area contributed by atoms with Crippen LogP contribution in [0.4, 0.5) is 0 Å². The summed E-state index contributed by atoms with van der Waals surface area (Å²) in [5.74, 6) is 0. The van der Waals surface area contributed by atoms with Gasteiger partial charge in [-0.15, -0.1) is 0 Å². The molecule has 23 heavy (non-hydrogen) atoms. The molecule has 1 rings (SSSR count). The van der Waals surface area contributed by atoms with Crippen LogP contribution in [0.5, 0.6) is 0 Å². The van der Waals surface area contributed by atoms with E-state index in [0.29, 0.717) is 21.4 Å². The number of hydrogen-bond donors (Lipinski definition) is 2. The Balaban J connectivity index is 0.00000484. The molecular weight excluding hydrogens is 448 g/mol. The topological polar surface area (TPSA) is 98.6 Å². The van der Waals surface area contributed by atoms with E-state index in [2.05, 4.69) is 34.5 Å². The van der Waals surface area contributed by atoms with Crippen molar-refractivity contribution in [3.63, 3.8) is 0 Å². The molecule has 0 radical (unpaired) electrons. The Labute approximate surface area is 152 Å². The number of hydrogen-bond acceptors (Lipinski definition) is 4. The third-order valence-electron chi connectivity index (χ3n) is 2.85. The zero-order valence-corrected chi connectivity index (χ0v) is 17.6. The van der Waals surface area contributed by atoms with E-state index in [1.165, 1.54) is 34.4 Å². The average molecular weight is 475 g/mol. The van der Waals surface area contributed by atoms with Gasteiger partial charge in [-0.2, -0.15) is 0 Å². The van der Waals surface area contributed by atoms with Gasteiger partial charge in [-0.1, -0.05) is 0 Å². The summed E-state index contributed by atoms with van der Waals surface area (Å²) >= 11 is 1.38. The first kappa shape index (κ1) is 23.1. The number of rotatable bonds is 13. The number of benzene rings is 1. The van der Waals surface area contributed by atoms with Crippen molar-refractivity contribution in [3.05, 3.63) is 35.9 Å². The van der Waals surface area contributed by atoms with E-state index >= 15 is 0 Å². The molecule has 0 heterocycles. The molecule has 0 fully saturated rings. The van der Waals surface area contributed by atoms with E-state index in [-0.39, 0.29) is 12.8 Å².